The van der Waals surface area contributed by atoms with E-state index in [4.69, 9.17) is 56.8 Å². The molecule has 15 atom stereocenters. The highest BCUT2D eigenvalue weighted by Crippen LogP contribution is 2.34. The van der Waals surface area contributed by atoms with Gasteiger partial charge in [-0.3, -0.25) is 52.7 Å². The van der Waals surface area contributed by atoms with Crippen LogP contribution in [-0.2, 0) is 110 Å². The van der Waals surface area contributed by atoms with Gasteiger partial charge in [-0.1, -0.05) is 41.5 Å². The van der Waals surface area contributed by atoms with Gasteiger partial charge in [0.2, 0.25) is 47.3 Å². The van der Waals surface area contributed by atoms with Crippen molar-refractivity contribution in [2.45, 2.75) is 176 Å². The standard InChI is InChI=1S/C61H104N8O24/c1-35-38(4)55(66-41(7)71)58(91-47(35)29-88-44(10)74)85-25-18-63-50(77)14-22-82-32-61(69-54(81)28-53(80)62-17-13-21-70,33-83-23-15-51(78)64-19-26-86-59-56(67-42(8)72)39(5)36(2)48(92-59)30-89-45(11)75)34-84-24-16-52(79)65-20-27-87-60-57(68-43(9)73)40(6)37(3)49(93-60)31-90-46(12)76/h35-40,47-49,55-60,70H,13-34H2,1-12H3,(H,62,80)(H,63,77)(H,64,78)(H,65,79)(H,66,71)(H,67,72)(H,68,73)(H,69,81)/t35-,36-,37-,38+,39+,40+,47?,48?,49?,55?,56?,57?,58-,59-,60-,61?/m1/s1. The van der Waals surface area contributed by atoms with Gasteiger partial charge < -0.3 is 104 Å². The van der Waals surface area contributed by atoms with Crippen LogP contribution in [-0.4, -0.2) is 243 Å². The van der Waals surface area contributed by atoms with Crippen LogP contribution in [0.4, 0.5) is 0 Å². The smallest absolute Gasteiger partial charge is 0.302 e. The fourth-order valence-corrected chi connectivity index (χ4v) is 10.5. The maximum Gasteiger partial charge on any atom is 0.302 e. The molecule has 3 aliphatic rings. The molecule has 3 aliphatic heterocycles. The lowest BCUT2D eigenvalue weighted by Gasteiger charge is -2.44. The minimum atomic E-state index is -1.62. The number of amides is 8. The first-order chi connectivity index (χ1) is 44.1. The van der Waals surface area contributed by atoms with Crippen LogP contribution in [0.3, 0.4) is 0 Å². The molecule has 3 heterocycles. The summed E-state index contributed by atoms with van der Waals surface area (Å²) in [4.78, 5) is 137. The molecule has 9 N–H and O–H groups in total. The number of esters is 3. The molecule has 3 fully saturated rings. The Hall–Kier alpha value is -6.23. The maximum atomic E-state index is 13.7. The molecule has 3 saturated heterocycles. The van der Waals surface area contributed by atoms with Gasteiger partial charge in [0.05, 0.1) is 95.9 Å². The molecular formula is C61H104N8O24. The average Bonchev–Trinajstić information content (AvgIpc) is 0.867. The van der Waals surface area contributed by atoms with Crippen molar-refractivity contribution in [1.29, 1.82) is 0 Å². The number of hydrogen-bond donors (Lipinski definition) is 9. The summed E-state index contributed by atoms with van der Waals surface area (Å²) in [5, 5.41) is 31.4. The zero-order chi connectivity index (χ0) is 69.2. The number of nitrogens with one attached hydrogen (secondary N) is 8. The Morgan fingerprint density at radius 3 is 0.978 bits per heavy atom. The highest BCUT2D eigenvalue weighted by atomic mass is 16.7. The van der Waals surface area contributed by atoms with Crippen LogP contribution in [0.2, 0.25) is 0 Å². The Labute approximate surface area is 544 Å². The second kappa shape index (κ2) is 43.0. The average molecular weight is 1330 g/mol. The lowest BCUT2D eigenvalue weighted by Crippen LogP contribution is -2.59. The molecule has 0 aromatic heterocycles. The van der Waals surface area contributed by atoms with Gasteiger partial charge in [0.1, 0.15) is 31.8 Å². The number of carbonyl (C=O) groups excluding carboxylic acids is 11. The van der Waals surface area contributed by atoms with E-state index in [9.17, 15) is 57.8 Å². The first kappa shape index (κ1) is 81.0. The van der Waals surface area contributed by atoms with Crippen LogP contribution in [0.1, 0.15) is 115 Å². The van der Waals surface area contributed by atoms with E-state index in [2.05, 4.69) is 42.5 Å². The Morgan fingerprint density at radius 1 is 0.398 bits per heavy atom. The normalized spacial score (nSPS) is 26.6. The first-order valence-electron chi connectivity index (χ1n) is 31.8. The molecule has 532 valence electrons. The molecule has 0 aromatic rings. The lowest BCUT2D eigenvalue weighted by atomic mass is 9.82. The molecule has 32 nitrogen and oxygen atoms in total. The van der Waals surface area contributed by atoms with E-state index in [0.717, 1.165) is 0 Å². The van der Waals surface area contributed by atoms with Gasteiger partial charge in [-0.25, -0.2) is 0 Å². The predicted molar refractivity (Wildman–Crippen MR) is 327 cm³/mol. The third kappa shape index (κ3) is 30.8. The van der Waals surface area contributed by atoms with E-state index >= 15 is 0 Å². The number of aliphatic hydroxyl groups is 1. The molecule has 0 radical (unpaired) electrons. The number of rotatable bonds is 42. The van der Waals surface area contributed by atoms with Gasteiger partial charge >= 0.3 is 17.9 Å². The van der Waals surface area contributed by atoms with Crippen molar-refractivity contribution in [2.24, 2.45) is 35.5 Å². The van der Waals surface area contributed by atoms with Crippen LogP contribution >= 0.6 is 0 Å². The Bertz CT molecular complexity index is 2160. The largest absolute Gasteiger partial charge is 0.463 e. The quantitative estimate of drug-likeness (QED) is 0.0146. The van der Waals surface area contributed by atoms with Crippen LogP contribution in [0, 0.1) is 35.5 Å². The Kier molecular flexibility index (Phi) is 37.4. The summed E-state index contributed by atoms with van der Waals surface area (Å²) in [6.45, 7) is 17.5. The molecule has 8 amide bonds. The predicted octanol–water partition coefficient (Wildman–Crippen LogP) is -1.46. The molecule has 3 rings (SSSR count). The molecular weight excluding hydrogens is 1230 g/mol. The Morgan fingerprint density at radius 2 is 0.699 bits per heavy atom. The van der Waals surface area contributed by atoms with Crippen molar-refractivity contribution in [3.63, 3.8) is 0 Å². The second-order valence-corrected chi connectivity index (χ2v) is 23.9. The minimum absolute atomic E-state index is 0.0192. The fraction of sp³-hybridized carbons (Fsp3) is 0.820. The van der Waals surface area contributed by atoms with Crippen LogP contribution in [0.5, 0.6) is 0 Å². The van der Waals surface area contributed by atoms with E-state index in [1.165, 1.54) is 41.5 Å². The molecule has 0 bridgehead atoms. The Balaban J connectivity index is 1.72. The SMILES string of the molecule is CC(=O)NC1[C@H](OCCNC(=O)CCOCC(COCCC(=O)NCCO[C@@H]2OC(COC(C)=O)[C@H](C)[C@H](C)C2NC(C)=O)(COCCC(=O)NCCO[C@@H]2OC(COC(C)=O)[C@H](C)[C@H](C)C2NC(C)=O)NC(=O)CC(=O)NCCCO)OC(COC(C)=O)[C@H](C)[C@@H]1C. The molecule has 6 unspecified atom stereocenters. The summed E-state index contributed by atoms with van der Waals surface area (Å²) in [6.07, 6.45) is -5.39. The van der Waals surface area contributed by atoms with Gasteiger partial charge in [-0.2, -0.15) is 0 Å². The van der Waals surface area contributed by atoms with Crippen molar-refractivity contribution in [3.8, 4) is 0 Å². The van der Waals surface area contributed by atoms with Crippen molar-refractivity contribution in [3.05, 3.63) is 0 Å². The fourth-order valence-electron chi connectivity index (χ4n) is 10.5. The lowest BCUT2D eigenvalue weighted by molar-refractivity contribution is -0.243. The summed E-state index contributed by atoms with van der Waals surface area (Å²) in [5.74, 6) is -5.96. The third-order valence-electron chi connectivity index (χ3n) is 16.3. The van der Waals surface area contributed by atoms with E-state index in [-0.39, 0.29) is 191 Å². The summed E-state index contributed by atoms with van der Waals surface area (Å²) in [6, 6.07) is -1.64. The topological polar surface area (TPSA) is 415 Å². The third-order valence-corrected chi connectivity index (χ3v) is 16.3. The minimum Gasteiger partial charge on any atom is -0.463 e. The molecule has 93 heavy (non-hydrogen) atoms. The van der Waals surface area contributed by atoms with E-state index in [0.29, 0.717) is 0 Å². The number of aliphatic hydroxyl groups excluding tert-OH is 1. The van der Waals surface area contributed by atoms with Crippen molar-refractivity contribution in [1.82, 2.24) is 42.5 Å². The highest BCUT2D eigenvalue weighted by molar-refractivity contribution is 5.97. The zero-order valence-electron chi connectivity index (χ0n) is 56.1. The summed E-state index contributed by atoms with van der Waals surface area (Å²) in [7, 11) is 0. The number of hydrogen-bond acceptors (Lipinski definition) is 24. The molecule has 32 heteroatoms. The highest BCUT2D eigenvalue weighted by Gasteiger charge is 2.46. The molecule has 0 saturated carbocycles. The number of carbonyl (C=O) groups is 11. The van der Waals surface area contributed by atoms with Gasteiger partial charge in [-0.05, 0) is 41.9 Å². The molecule has 0 aromatic carbocycles. The van der Waals surface area contributed by atoms with Gasteiger partial charge in [0, 0.05) is 93.6 Å². The molecule has 0 spiro atoms. The monoisotopic (exact) mass is 1330 g/mol. The summed E-state index contributed by atoms with van der Waals surface area (Å²) >= 11 is 0. The van der Waals surface area contributed by atoms with E-state index in [1.54, 1.807) is 0 Å². The van der Waals surface area contributed by atoms with Crippen LogP contribution in [0.25, 0.3) is 0 Å². The van der Waals surface area contributed by atoms with Crippen molar-refractivity contribution in [2.75, 3.05) is 112 Å². The zero-order valence-corrected chi connectivity index (χ0v) is 56.1. The van der Waals surface area contributed by atoms with E-state index in [1.807, 2.05) is 41.5 Å². The van der Waals surface area contributed by atoms with Crippen molar-refractivity contribution < 1.29 is 115 Å². The van der Waals surface area contributed by atoms with Gasteiger partial charge in [0.25, 0.3) is 0 Å². The van der Waals surface area contributed by atoms with Crippen molar-refractivity contribution >= 4 is 65.2 Å². The van der Waals surface area contributed by atoms with Gasteiger partial charge in [0.15, 0.2) is 18.9 Å². The van der Waals surface area contributed by atoms with Gasteiger partial charge in [-0.15, -0.1) is 0 Å². The summed E-state index contributed by atoms with van der Waals surface area (Å²) < 4.78 is 70.1. The second-order valence-electron chi connectivity index (χ2n) is 23.9. The molecule has 0 aliphatic carbocycles. The summed E-state index contributed by atoms with van der Waals surface area (Å²) in [5.41, 5.74) is -1.62. The maximum absolute atomic E-state index is 13.7. The van der Waals surface area contributed by atoms with Crippen LogP contribution < -0.4 is 42.5 Å². The first-order valence-corrected chi connectivity index (χ1v) is 31.8. The van der Waals surface area contributed by atoms with Crippen LogP contribution in [0.15, 0.2) is 0 Å². The van der Waals surface area contributed by atoms with E-state index < -0.39 is 115 Å². The number of ether oxygens (including phenoxy) is 12.